The summed E-state index contributed by atoms with van der Waals surface area (Å²) < 4.78 is 7.24. The van der Waals surface area contributed by atoms with Gasteiger partial charge in [-0.25, -0.2) is 0 Å². The summed E-state index contributed by atoms with van der Waals surface area (Å²) in [6.45, 7) is 9.90. The standard InChI is InChI=1S/C82H56O/c1-81(2)68-47-52(73-61-34-18-20-36-63(61)74(64-37-21-19-35-62(64)73)56-45-54(49-24-8-5-9-25-49)44-55(46-56)50-26-10-6-11-27-50)40-42-65(68)75-76-67-38-22-23-39-70(67)83-80(76)77-66-43-41-53(48-69(66)82(3,4)79(77)78(75)81)72-59-32-16-14-30-57(59)71(51-28-12-7-13-29-51)58-31-15-17-33-60(58)72/h5-48H,1-4H3. The number of rotatable bonds is 6. The molecule has 0 unspecified atom stereocenters. The largest absolute Gasteiger partial charge is 0.455 e. The second-order valence-electron chi connectivity index (χ2n) is 24.2. The number of fused-ring (bicyclic) bond motifs is 16. The van der Waals surface area contributed by atoms with E-state index in [-0.39, 0.29) is 10.8 Å². The van der Waals surface area contributed by atoms with Crippen LogP contribution in [-0.4, -0.2) is 0 Å². The minimum Gasteiger partial charge on any atom is -0.455 e. The lowest BCUT2D eigenvalue weighted by Crippen LogP contribution is -2.24. The van der Waals surface area contributed by atoms with Gasteiger partial charge in [0.15, 0.2) is 0 Å². The quantitative estimate of drug-likeness (QED) is 0.151. The van der Waals surface area contributed by atoms with Gasteiger partial charge >= 0.3 is 0 Å². The van der Waals surface area contributed by atoms with Gasteiger partial charge in [-0.3, -0.25) is 0 Å². The van der Waals surface area contributed by atoms with E-state index < -0.39 is 0 Å². The Balaban J connectivity index is 0.871. The summed E-state index contributed by atoms with van der Waals surface area (Å²) in [6.07, 6.45) is 0. The molecule has 0 atom stereocenters. The van der Waals surface area contributed by atoms with E-state index in [1.807, 2.05) is 0 Å². The van der Waals surface area contributed by atoms with E-state index >= 15 is 0 Å². The summed E-state index contributed by atoms with van der Waals surface area (Å²) in [5.41, 5.74) is 26.4. The lowest BCUT2D eigenvalue weighted by Gasteiger charge is -2.31. The first-order chi connectivity index (χ1) is 40.7. The molecule has 0 saturated heterocycles. The lowest BCUT2D eigenvalue weighted by molar-refractivity contribution is 0.600. The molecule has 1 aromatic heterocycles. The minimum absolute atomic E-state index is 0.379. The van der Waals surface area contributed by atoms with Crippen LogP contribution in [0.4, 0.5) is 0 Å². The molecule has 14 aromatic carbocycles. The Kier molecular flexibility index (Phi) is 10.2. The van der Waals surface area contributed by atoms with Crippen LogP contribution in [0.1, 0.15) is 49.9 Å². The number of hydrogen-bond acceptors (Lipinski definition) is 1. The molecular formula is C82H56O. The fourth-order valence-electron chi connectivity index (χ4n) is 15.3. The van der Waals surface area contributed by atoms with Crippen LogP contribution >= 0.6 is 0 Å². The molecule has 2 aliphatic rings. The third-order valence-electron chi connectivity index (χ3n) is 18.9. The van der Waals surface area contributed by atoms with Gasteiger partial charge in [-0.2, -0.15) is 0 Å². The molecule has 0 saturated carbocycles. The Morgan fingerprint density at radius 2 is 0.566 bits per heavy atom. The van der Waals surface area contributed by atoms with Crippen molar-refractivity contribution >= 4 is 65.0 Å². The van der Waals surface area contributed by atoms with E-state index in [0.29, 0.717) is 0 Å². The van der Waals surface area contributed by atoms with Gasteiger partial charge in [0.1, 0.15) is 11.2 Å². The van der Waals surface area contributed by atoms with E-state index in [1.54, 1.807) is 0 Å². The highest BCUT2D eigenvalue weighted by Crippen LogP contribution is 2.64. The maximum atomic E-state index is 7.24. The van der Waals surface area contributed by atoms with Gasteiger partial charge in [-0.05, 0) is 185 Å². The topological polar surface area (TPSA) is 13.1 Å². The Bertz CT molecular complexity index is 5060. The molecule has 83 heavy (non-hydrogen) atoms. The molecule has 2 aliphatic carbocycles. The molecule has 17 rings (SSSR count). The van der Waals surface area contributed by atoms with E-state index in [9.17, 15) is 0 Å². The highest BCUT2D eigenvalue weighted by atomic mass is 16.3. The molecule has 1 heteroatoms. The van der Waals surface area contributed by atoms with Crippen molar-refractivity contribution in [3.63, 3.8) is 0 Å². The van der Waals surface area contributed by atoms with Gasteiger partial charge < -0.3 is 4.42 Å². The third kappa shape index (κ3) is 6.83. The van der Waals surface area contributed by atoms with Gasteiger partial charge in [0, 0.05) is 27.2 Å². The maximum Gasteiger partial charge on any atom is 0.144 e. The van der Waals surface area contributed by atoms with Crippen LogP contribution in [0.3, 0.4) is 0 Å². The zero-order valence-corrected chi connectivity index (χ0v) is 46.8. The normalized spacial score (nSPS) is 13.7. The van der Waals surface area contributed by atoms with Crippen LogP contribution in [0.25, 0.3) is 154 Å². The Morgan fingerprint density at radius 1 is 0.241 bits per heavy atom. The predicted octanol–water partition coefficient (Wildman–Crippen LogP) is 22.8. The summed E-state index contributed by atoms with van der Waals surface area (Å²) >= 11 is 0. The molecule has 0 aliphatic heterocycles. The van der Waals surface area contributed by atoms with Crippen molar-refractivity contribution in [1.82, 2.24) is 0 Å². The number of furan rings is 1. The molecule has 15 aromatic rings. The van der Waals surface area contributed by atoms with Crippen molar-refractivity contribution in [3.8, 4) is 89.0 Å². The zero-order chi connectivity index (χ0) is 55.3. The second-order valence-corrected chi connectivity index (χ2v) is 24.2. The smallest absolute Gasteiger partial charge is 0.144 e. The predicted molar refractivity (Wildman–Crippen MR) is 351 cm³/mol. The highest BCUT2D eigenvalue weighted by molar-refractivity contribution is 6.25. The van der Waals surface area contributed by atoms with Crippen LogP contribution in [0.5, 0.6) is 0 Å². The van der Waals surface area contributed by atoms with Crippen LogP contribution in [0, 0.1) is 0 Å². The van der Waals surface area contributed by atoms with Crippen LogP contribution < -0.4 is 0 Å². The maximum absolute atomic E-state index is 7.24. The first-order valence-electron chi connectivity index (χ1n) is 29.2. The van der Waals surface area contributed by atoms with Crippen molar-refractivity contribution in [2.24, 2.45) is 0 Å². The van der Waals surface area contributed by atoms with E-state index in [2.05, 4.69) is 295 Å². The van der Waals surface area contributed by atoms with Crippen LogP contribution in [0.2, 0.25) is 0 Å². The fourth-order valence-corrected chi connectivity index (χ4v) is 15.3. The first kappa shape index (κ1) is 47.7. The van der Waals surface area contributed by atoms with Crippen molar-refractivity contribution < 1.29 is 4.42 Å². The van der Waals surface area contributed by atoms with E-state index in [4.69, 9.17) is 4.42 Å². The molecule has 0 radical (unpaired) electrons. The molecule has 0 bridgehead atoms. The minimum atomic E-state index is -0.379. The molecule has 0 amide bonds. The Morgan fingerprint density at radius 3 is 1.00 bits per heavy atom. The van der Waals surface area contributed by atoms with E-state index in [1.165, 1.54) is 160 Å². The van der Waals surface area contributed by atoms with Crippen molar-refractivity contribution in [1.29, 1.82) is 0 Å². The summed E-state index contributed by atoms with van der Waals surface area (Å²) in [5.74, 6) is 0. The molecule has 0 N–H and O–H groups in total. The lowest BCUT2D eigenvalue weighted by atomic mass is 9.71. The van der Waals surface area contributed by atoms with Crippen molar-refractivity contribution in [3.05, 3.63) is 289 Å². The zero-order valence-electron chi connectivity index (χ0n) is 46.8. The fraction of sp³-hybridized carbons (Fsp3) is 0.0732. The second kappa shape index (κ2) is 17.7. The molecule has 0 spiro atoms. The van der Waals surface area contributed by atoms with Gasteiger partial charge in [-0.15, -0.1) is 0 Å². The average Bonchev–Trinajstić information content (AvgIpc) is 2.37. The Hall–Kier alpha value is -10.1. The molecule has 1 heterocycles. The van der Waals surface area contributed by atoms with Gasteiger partial charge in [0.05, 0.1) is 0 Å². The molecule has 390 valence electrons. The SMILES string of the molecule is CC1(C)c2cc(-c3c4ccccc4c(-c4ccccc4)c4ccccc34)ccc2-c2c1c1c(c3c2oc2ccccc23)-c2ccc(-c3c4ccccc4c(-c4cc(-c5ccccc5)cc(-c5ccccc5)c4)c4ccccc34)cc2C1(C)C. The number of benzene rings is 14. The van der Waals surface area contributed by atoms with Crippen molar-refractivity contribution in [2.45, 2.75) is 38.5 Å². The van der Waals surface area contributed by atoms with Crippen LogP contribution in [-0.2, 0) is 10.8 Å². The first-order valence-corrected chi connectivity index (χ1v) is 29.2. The van der Waals surface area contributed by atoms with Gasteiger partial charge in [-0.1, -0.05) is 258 Å². The third-order valence-corrected chi connectivity index (χ3v) is 18.9. The molecule has 0 fully saturated rings. The van der Waals surface area contributed by atoms with Gasteiger partial charge in [0.2, 0.25) is 0 Å². The number of para-hydroxylation sites is 1. The monoisotopic (exact) mass is 1060 g/mol. The highest BCUT2D eigenvalue weighted by Gasteiger charge is 2.49. The average molecular weight is 1060 g/mol. The number of hydrogen-bond donors (Lipinski definition) is 0. The summed E-state index contributed by atoms with van der Waals surface area (Å²) in [7, 11) is 0. The van der Waals surface area contributed by atoms with E-state index in [0.717, 1.165) is 16.6 Å². The Labute approximate surface area is 483 Å². The molecule has 1 nitrogen and oxygen atoms in total. The summed E-state index contributed by atoms with van der Waals surface area (Å²) in [5, 5.41) is 12.4. The van der Waals surface area contributed by atoms with Gasteiger partial charge in [0.25, 0.3) is 0 Å². The van der Waals surface area contributed by atoms with Crippen molar-refractivity contribution in [2.75, 3.05) is 0 Å². The van der Waals surface area contributed by atoms with Crippen LogP contribution in [0.15, 0.2) is 271 Å². The summed E-state index contributed by atoms with van der Waals surface area (Å²) in [6, 6.07) is 99.4. The molecular weight excluding hydrogens is 1000 g/mol. The summed E-state index contributed by atoms with van der Waals surface area (Å²) in [4.78, 5) is 0.